The highest BCUT2D eigenvalue weighted by Gasteiger charge is 2.17. The zero-order chi connectivity index (χ0) is 16.8. The van der Waals surface area contributed by atoms with Gasteiger partial charge in [-0.1, -0.05) is 30.3 Å². The third-order valence-electron chi connectivity index (χ3n) is 3.43. The molecule has 2 aromatic rings. The van der Waals surface area contributed by atoms with E-state index in [1.807, 2.05) is 30.3 Å². The Labute approximate surface area is 134 Å². The third kappa shape index (κ3) is 4.92. The SMILES string of the molecule is CC(=O)N[C@H](CC(=O)Nc1ccc(F)cc1C)c1ccccc1. The first-order chi connectivity index (χ1) is 11.0. The first kappa shape index (κ1) is 16.7. The molecule has 2 N–H and O–H groups in total. The molecule has 2 rings (SSSR count). The highest BCUT2D eigenvalue weighted by atomic mass is 19.1. The molecule has 0 unspecified atom stereocenters. The fraction of sp³-hybridized carbons (Fsp3) is 0.222. The lowest BCUT2D eigenvalue weighted by Gasteiger charge is -2.18. The molecule has 0 saturated carbocycles. The molecule has 0 aliphatic rings. The summed E-state index contributed by atoms with van der Waals surface area (Å²) in [7, 11) is 0. The number of hydrogen-bond acceptors (Lipinski definition) is 2. The van der Waals surface area contributed by atoms with Crippen LogP contribution in [-0.2, 0) is 9.59 Å². The maximum atomic E-state index is 13.1. The average molecular weight is 314 g/mol. The molecule has 120 valence electrons. The maximum Gasteiger partial charge on any atom is 0.226 e. The molecule has 0 saturated heterocycles. The van der Waals surface area contributed by atoms with E-state index in [0.29, 0.717) is 11.3 Å². The first-order valence-electron chi connectivity index (χ1n) is 7.34. The number of hydrogen-bond donors (Lipinski definition) is 2. The third-order valence-corrected chi connectivity index (χ3v) is 3.43. The molecule has 5 heteroatoms. The van der Waals surface area contributed by atoms with E-state index in [0.717, 1.165) is 5.56 Å². The van der Waals surface area contributed by atoms with Crippen molar-refractivity contribution in [2.75, 3.05) is 5.32 Å². The van der Waals surface area contributed by atoms with Crippen LogP contribution in [0.15, 0.2) is 48.5 Å². The average Bonchev–Trinajstić information content (AvgIpc) is 2.50. The number of halogens is 1. The molecule has 2 amide bonds. The number of carbonyl (C=O) groups is 2. The van der Waals surface area contributed by atoms with Crippen LogP contribution in [0, 0.1) is 12.7 Å². The summed E-state index contributed by atoms with van der Waals surface area (Å²) < 4.78 is 13.1. The molecule has 0 heterocycles. The molecule has 0 bridgehead atoms. The van der Waals surface area contributed by atoms with Gasteiger partial charge in [0.25, 0.3) is 0 Å². The van der Waals surface area contributed by atoms with E-state index >= 15 is 0 Å². The molecule has 0 fully saturated rings. The Hall–Kier alpha value is -2.69. The van der Waals surface area contributed by atoms with Crippen LogP contribution in [0.5, 0.6) is 0 Å². The van der Waals surface area contributed by atoms with Gasteiger partial charge in [-0.05, 0) is 36.2 Å². The second-order valence-corrected chi connectivity index (χ2v) is 5.38. The van der Waals surface area contributed by atoms with Gasteiger partial charge in [0.2, 0.25) is 11.8 Å². The van der Waals surface area contributed by atoms with Gasteiger partial charge < -0.3 is 10.6 Å². The summed E-state index contributed by atoms with van der Waals surface area (Å²) in [6.07, 6.45) is 0.0976. The lowest BCUT2D eigenvalue weighted by molar-refractivity contribution is -0.120. The van der Waals surface area contributed by atoms with Crippen LogP contribution in [0.4, 0.5) is 10.1 Å². The monoisotopic (exact) mass is 314 g/mol. The second kappa shape index (κ2) is 7.54. The van der Waals surface area contributed by atoms with Gasteiger partial charge in [0.05, 0.1) is 12.5 Å². The Morgan fingerprint density at radius 1 is 1.13 bits per heavy atom. The van der Waals surface area contributed by atoms with E-state index in [1.54, 1.807) is 6.92 Å². The fourth-order valence-corrected chi connectivity index (χ4v) is 2.34. The highest BCUT2D eigenvalue weighted by Crippen LogP contribution is 2.20. The van der Waals surface area contributed by atoms with Crippen LogP contribution in [0.3, 0.4) is 0 Å². The molecule has 0 radical (unpaired) electrons. The van der Waals surface area contributed by atoms with Crippen molar-refractivity contribution in [2.45, 2.75) is 26.3 Å². The Bertz CT molecular complexity index is 701. The molecule has 1 atom stereocenters. The second-order valence-electron chi connectivity index (χ2n) is 5.38. The fourth-order valence-electron chi connectivity index (χ4n) is 2.34. The molecule has 0 aliphatic heterocycles. The normalized spacial score (nSPS) is 11.6. The van der Waals surface area contributed by atoms with Crippen molar-refractivity contribution < 1.29 is 14.0 Å². The number of carbonyl (C=O) groups excluding carboxylic acids is 2. The summed E-state index contributed by atoms with van der Waals surface area (Å²) in [5, 5.41) is 5.53. The summed E-state index contributed by atoms with van der Waals surface area (Å²) >= 11 is 0. The van der Waals surface area contributed by atoms with Crippen LogP contribution in [0.2, 0.25) is 0 Å². The van der Waals surface area contributed by atoms with Gasteiger partial charge in [0.1, 0.15) is 5.82 Å². The van der Waals surface area contributed by atoms with E-state index < -0.39 is 6.04 Å². The summed E-state index contributed by atoms with van der Waals surface area (Å²) in [5.41, 5.74) is 2.06. The molecule has 23 heavy (non-hydrogen) atoms. The van der Waals surface area contributed by atoms with E-state index in [2.05, 4.69) is 10.6 Å². The van der Waals surface area contributed by atoms with Gasteiger partial charge in [-0.2, -0.15) is 0 Å². The van der Waals surface area contributed by atoms with Crippen molar-refractivity contribution in [1.29, 1.82) is 0 Å². The van der Waals surface area contributed by atoms with E-state index in [4.69, 9.17) is 0 Å². The van der Waals surface area contributed by atoms with Gasteiger partial charge in [-0.3, -0.25) is 9.59 Å². The van der Waals surface area contributed by atoms with Crippen molar-refractivity contribution in [3.8, 4) is 0 Å². The summed E-state index contributed by atoms with van der Waals surface area (Å²) in [4.78, 5) is 23.6. The molecular formula is C18H19FN2O2. The minimum Gasteiger partial charge on any atom is -0.349 e. The smallest absolute Gasteiger partial charge is 0.226 e. The van der Waals surface area contributed by atoms with Crippen LogP contribution < -0.4 is 10.6 Å². The van der Waals surface area contributed by atoms with Crippen molar-refractivity contribution in [3.05, 3.63) is 65.5 Å². The quantitative estimate of drug-likeness (QED) is 0.889. The first-order valence-corrected chi connectivity index (χ1v) is 7.34. The van der Waals surface area contributed by atoms with Crippen LogP contribution >= 0.6 is 0 Å². The number of benzene rings is 2. The molecule has 4 nitrogen and oxygen atoms in total. The zero-order valence-electron chi connectivity index (χ0n) is 13.1. The number of nitrogens with one attached hydrogen (secondary N) is 2. The maximum absolute atomic E-state index is 13.1. The standard InChI is InChI=1S/C18H19FN2O2/c1-12-10-15(19)8-9-16(12)21-18(23)11-17(20-13(2)22)14-6-4-3-5-7-14/h3-10,17H,11H2,1-2H3,(H,20,22)(H,21,23)/t17-/m1/s1. The zero-order valence-corrected chi connectivity index (χ0v) is 13.1. The topological polar surface area (TPSA) is 58.2 Å². The molecular weight excluding hydrogens is 295 g/mol. The molecule has 0 spiro atoms. The van der Waals surface area contributed by atoms with Gasteiger partial charge in [-0.25, -0.2) is 4.39 Å². The van der Waals surface area contributed by atoms with Crippen LogP contribution in [-0.4, -0.2) is 11.8 Å². The Balaban J connectivity index is 2.09. The molecule has 0 aromatic heterocycles. The lowest BCUT2D eigenvalue weighted by Crippen LogP contribution is -2.29. The summed E-state index contributed by atoms with van der Waals surface area (Å²) in [5.74, 6) is -0.798. The van der Waals surface area contributed by atoms with Crippen molar-refractivity contribution in [1.82, 2.24) is 5.32 Å². The predicted octanol–water partition coefficient (Wildman–Crippen LogP) is 3.34. The Kier molecular flexibility index (Phi) is 5.46. The molecule has 2 aromatic carbocycles. The number of amides is 2. The van der Waals surface area contributed by atoms with Crippen LogP contribution in [0.1, 0.15) is 30.5 Å². The van der Waals surface area contributed by atoms with Crippen molar-refractivity contribution in [3.63, 3.8) is 0 Å². The van der Waals surface area contributed by atoms with E-state index in [-0.39, 0.29) is 24.1 Å². The summed E-state index contributed by atoms with van der Waals surface area (Å²) in [6, 6.07) is 13.1. The highest BCUT2D eigenvalue weighted by molar-refractivity contribution is 5.92. The van der Waals surface area contributed by atoms with Crippen LogP contribution in [0.25, 0.3) is 0 Å². The number of rotatable bonds is 5. The molecule has 0 aliphatic carbocycles. The number of anilines is 1. The van der Waals surface area contributed by atoms with Gasteiger partial charge in [-0.15, -0.1) is 0 Å². The Morgan fingerprint density at radius 3 is 2.43 bits per heavy atom. The number of aryl methyl sites for hydroxylation is 1. The van der Waals surface area contributed by atoms with Gasteiger partial charge >= 0.3 is 0 Å². The van der Waals surface area contributed by atoms with E-state index in [9.17, 15) is 14.0 Å². The minimum atomic E-state index is -0.408. The minimum absolute atomic E-state index is 0.0976. The van der Waals surface area contributed by atoms with Crippen molar-refractivity contribution >= 4 is 17.5 Å². The lowest BCUT2D eigenvalue weighted by atomic mass is 10.0. The van der Waals surface area contributed by atoms with Gasteiger partial charge in [0.15, 0.2) is 0 Å². The predicted molar refractivity (Wildman–Crippen MR) is 87.4 cm³/mol. The van der Waals surface area contributed by atoms with E-state index in [1.165, 1.54) is 25.1 Å². The largest absolute Gasteiger partial charge is 0.349 e. The summed E-state index contributed by atoms with van der Waals surface area (Å²) in [6.45, 7) is 3.14. The van der Waals surface area contributed by atoms with Crippen molar-refractivity contribution in [2.24, 2.45) is 0 Å². The van der Waals surface area contributed by atoms with Gasteiger partial charge in [0, 0.05) is 12.6 Å². The Morgan fingerprint density at radius 2 is 1.83 bits per heavy atom.